The van der Waals surface area contributed by atoms with Crippen molar-refractivity contribution < 1.29 is 9.47 Å². The third-order valence-corrected chi connectivity index (χ3v) is 6.44. The van der Waals surface area contributed by atoms with E-state index in [-0.39, 0.29) is 6.10 Å². The number of benzene rings is 4. The minimum atomic E-state index is 0.107. The Morgan fingerprint density at radius 1 is 0.939 bits per heavy atom. The summed E-state index contributed by atoms with van der Waals surface area (Å²) in [6, 6.07) is 30.1. The summed E-state index contributed by atoms with van der Waals surface area (Å²) in [7, 11) is 0. The van der Waals surface area contributed by atoms with Gasteiger partial charge in [-0.3, -0.25) is 0 Å². The maximum atomic E-state index is 6.42. The second-order valence-corrected chi connectivity index (χ2v) is 8.85. The molecule has 0 spiro atoms. The fourth-order valence-electron chi connectivity index (χ4n) is 4.98. The summed E-state index contributed by atoms with van der Waals surface area (Å²) in [5, 5.41) is 6.25. The van der Waals surface area contributed by atoms with Gasteiger partial charge < -0.3 is 14.8 Å². The SMILES string of the molecule is CCOc1cc(C)cc(C2CC(CNCc3cccc4ccccc34)Oc3ccccc32)c1. The average molecular weight is 438 g/mol. The molecular formula is C30H31NO2. The Balaban J connectivity index is 1.35. The molecule has 1 heterocycles. The summed E-state index contributed by atoms with van der Waals surface area (Å²) in [6.45, 7) is 6.47. The molecule has 0 radical (unpaired) electrons. The van der Waals surface area contributed by atoms with Gasteiger partial charge in [-0.15, -0.1) is 0 Å². The van der Waals surface area contributed by atoms with Gasteiger partial charge in [-0.25, -0.2) is 0 Å². The molecule has 0 fully saturated rings. The van der Waals surface area contributed by atoms with E-state index in [0.29, 0.717) is 12.5 Å². The zero-order valence-corrected chi connectivity index (χ0v) is 19.4. The number of hydrogen-bond acceptors (Lipinski definition) is 3. The molecule has 0 bridgehead atoms. The maximum Gasteiger partial charge on any atom is 0.123 e. The van der Waals surface area contributed by atoms with Crippen LogP contribution in [0.2, 0.25) is 0 Å². The summed E-state index contributed by atoms with van der Waals surface area (Å²) in [4.78, 5) is 0. The van der Waals surface area contributed by atoms with Crippen molar-refractivity contribution >= 4 is 10.8 Å². The molecule has 168 valence electrons. The molecule has 1 N–H and O–H groups in total. The van der Waals surface area contributed by atoms with Gasteiger partial charge in [0, 0.05) is 24.6 Å². The molecule has 3 heteroatoms. The van der Waals surface area contributed by atoms with Crippen molar-refractivity contribution in [2.75, 3.05) is 13.2 Å². The minimum Gasteiger partial charge on any atom is -0.494 e. The molecule has 0 saturated heterocycles. The van der Waals surface area contributed by atoms with Crippen LogP contribution in [0.3, 0.4) is 0 Å². The van der Waals surface area contributed by atoms with Gasteiger partial charge in [0.25, 0.3) is 0 Å². The number of para-hydroxylation sites is 1. The van der Waals surface area contributed by atoms with E-state index in [0.717, 1.165) is 31.0 Å². The Labute approximate surface area is 196 Å². The van der Waals surface area contributed by atoms with Crippen LogP contribution in [0.15, 0.2) is 84.9 Å². The standard InChI is InChI=1S/C30H31NO2/c1-3-32-25-16-21(2)15-24(17-25)29-18-26(33-30-14-7-6-13-28(29)30)20-31-19-23-11-8-10-22-9-4-5-12-27(22)23/h4-17,26,29,31H,3,18-20H2,1-2H3. The van der Waals surface area contributed by atoms with E-state index in [9.17, 15) is 0 Å². The molecule has 0 aromatic heterocycles. The van der Waals surface area contributed by atoms with Gasteiger partial charge in [0.1, 0.15) is 17.6 Å². The van der Waals surface area contributed by atoms with Crippen LogP contribution in [0.25, 0.3) is 10.8 Å². The number of aryl methyl sites for hydroxylation is 1. The van der Waals surface area contributed by atoms with Crippen LogP contribution in [0, 0.1) is 6.92 Å². The second kappa shape index (κ2) is 9.68. The van der Waals surface area contributed by atoms with Gasteiger partial charge in [-0.05, 0) is 65.9 Å². The van der Waals surface area contributed by atoms with E-state index in [1.54, 1.807) is 0 Å². The lowest BCUT2D eigenvalue weighted by Crippen LogP contribution is -2.35. The van der Waals surface area contributed by atoms with Crippen molar-refractivity contribution in [1.29, 1.82) is 0 Å². The smallest absolute Gasteiger partial charge is 0.123 e. The Morgan fingerprint density at radius 3 is 2.67 bits per heavy atom. The Morgan fingerprint density at radius 2 is 1.76 bits per heavy atom. The Hall–Kier alpha value is -3.30. The normalized spacial score (nSPS) is 17.4. The molecule has 3 nitrogen and oxygen atoms in total. The zero-order valence-electron chi connectivity index (χ0n) is 19.4. The minimum absolute atomic E-state index is 0.107. The third kappa shape index (κ3) is 4.74. The van der Waals surface area contributed by atoms with Crippen molar-refractivity contribution in [2.24, 2.45) is 0 Å². The van der Waals surface area contributed by atoms with Gasteiger partial charge >= 0.3 is 0 Å². The summed E-state index contributed by atoms with van der Waals surface area (Å²) >= 11 is 0. The third-order valence-electron chi connectivity index (χ3n) is 6.44. The fourth-order valence-corrected chi connectivity index (χ4v) is 4.98. The van der Waals surface area contributed by atoms with E-state index in [4.69, 9.17) is 9.47 Å². The summed E-state index contributed by atoms with van der Waals surface area (Å²) in [6.07, 6.45) is 1.05. The van der Waals surface area contributed by atoms with Crippen molar-refractivity contribution in [2.45, 2.75) is 38.8 Å². The van der Waals surface area contributed by atoms with Crippen LogP contribution >= 0.6 is 0 Å². The van der Waals surface area contributed by atoms with E-state index in [1.807, 2.05) is 6.92 Å². The molecular weight excluding hydrogens is 406 g/mol. The fraction of sp³-hybridized carbons (Fsp3) is 0.267. The van der Waals surface area contributed by atoms with Gasteiger partial charge in [-0.2, -0.15) is 0 Å². The summed E-state index contributed by atoms with van der Waals surface area (Å²) in [5.74, 6) is 2.23. The summed E-state index contributed by atoms with van der Waals surface area (Å²) in [5.41, 5.74) is 5.11. The topological polar surface area (TPSA) is 30.5 Å². The first kappa shape index (κ1) is 21.5. The molecule has 1 aliphatic rings. The molecule has 2 atom stereocenters. The van der Waals surface area contributed by atoms with Gasteiger partial charge in [0.05, 0.1) is 6.61 Å². The van der Waals surface area contributed by atoms with Crippen LogP contribution in [-0.2, 0) is 6.54 Å². The van der Waals surface area contributed by atoms with E-state index < -0.39 is 0 Å². The van der Waals surface area contributed by atoms with Crippen LogP contribution in [0.4, 0.5) is 0 Å². The first-order valence-corrected chi connectivity index (χ1v) is 11.9. The highest BCUT2D eigenvalue weighted by Gasteiger charge is 2.29. The van der Waals surface area contributed by atoms with Crippen LogP contribution < -0.4 is 14.8 Å². The lowest BCUT2D eigenvalue weighted by Gasteiger charge is -2.33. The van der Waals surface area contributed by atoms with Crippen LogP contribution in [0.5, 0.6) is 11.5 Å². The molecule has 33 heavy (non-hydrogen) atoms. The number of ether oxygens (including phenoxy) is 2. The van der Waals surface area contributed by atoms with Crippen molar-refractivity contribution in [3.8, 4) is 11.5 Å². The van der Waals surface area contributed by atoms with Crippen LogP contribution in [-0.4, -0.2) is 19.3 Å². The van der Waals surface area contributed by atoms with Crippen LogP contribution in [0.1, 0.15) is 41.5 Å². The second-order valence-electron chi connectivity index (χ2n) is 8.85. The predicted molar refractivity (Wildman–Crippen MR) is 135 cm³/mol. The van der Waals surface area contributed by atoms with Gasteiger partial charge in [0.15, 0.2) is 0 Å². The number of nitrogens with one attached hydrogen (secondary N) is 1. The van der Waals surface area contributed by atoms with Crippen molar-refractivity contribution in [3.63, 3.8) is 0 Å². The number of hydrogen-bond donors (Lipinski definition) is 1. The number of fused-ring (bicyclic) bond motifs is 2. The van der Waals surface area contributed by atoms with E-state index in [2.05, 4.69) is 97.2 Å². The highest BCUT2D eigenvalue weighted by atomic mass is 16.5. The zero-order chi connectivity index (χ0) is 22.6. The highest BCUT2D eigenvalue weighted by molar-refractivity contribution is 5.85. The van der Waals surface area contributed by atoms with Crippen molar-refractivity contribution in [1.82, 2.24) is 5.32 Å². The largest absolute Gasteiger partial charge is 0.494 e. The number of rotatable bonds is 7. The first-order chi connectivity index (χ1) is 16.2. The van der Waals surface area contributed by atoms with Gasteiger partial charge in [-0.1, -0.05) is 66.7 Å². The quantitative estimate of drug-likeness (QED) is 0.352. The van der Waals surface area contributed by atoms with Crippen molar-refractivity contribution in [3.05, 3.63) is 107 Å². The highest BCUT2D eigenvalue weighted by Crippen LogP contribution is 2.41. The predicted octanol–water partition coefficient (Wildman–Crippen LogP) is 6.62. The molecule has 0 saturated carbocycles. The molecule has 4 aromatic carbocycles. The lowest BCUT2D eigenvalue weighted by molar-refractivity contribution is 0.162. The maximum absolute atomic E-state index is 6.42. The molecule has 0 amide bonds. The molecule has 5 rings (SSSR count). The Kier molecular flexibility index (Phi) is 6.32. The Bertz CT molecular complexity index is 1240. The lowest BCUT2D eigenvalue weighted by atomic mass is 9.83. The molecule has 2 unspecified atom stereocenters. The van der Waals surface area contributed by atoms with Gasteiger partial charge in [0.2, 0.25) is 0 Å². The molecule has 0 aliphatic carbocycles. The average Bonchev–Trinajstić information content (AvgIpc) is 2.83. The summed E-state index contributed by atoms with van der Waals surface area (Å²) < 4.78 is 12.3. The monoisotopic (exact) mass is 437 g/mol. The molecule has 1 aliphatic heterocycles. The molecule has 4 aromatic rings. The first-order valence-electron chi connectivity index (χ1n) is 11.9. The van der Waals surface area contributed by atoms with E-state index >= 15 is 0 Å². The van der Waals surface area contributed by atoms with E-state index in [1.165, 1.54) is 33.0 Å².